The van der Waals surface area contributed by atoms with Gasteiger partial charge in [0.15, 0.2) is 0 Å². The molecule has 0 aliphatic carbocycles. The first-order valence-corrected chi connectivity index (χ1v) is 6.43. The normalized spacial score (nSPS) is 10.4. The Bertz CT molecular complexity index is 623. The molecule has 4 heteroatoms. The minimum atomic E-state index is -0.837. The molecule has 0 bridgehead atoms. The largest absolute Gasteiger partial charge is 0.508 e. The summed E-state index contributed by atoms with van der Waals surface area (Å²) in [5, 5.41) is 18.5. The summed E-state index contributed by atoms with van der Waals surface area (Å²) in [6.07, 6.45) is 0.999. The van der Waals surface area contributed by atoms with Crippen LogP contribution in [0.3, 0.4) is 0 Å². The number of carboxylic acids is 1. The van der Waals surface area contributed by atoms with Gasteiger partial charge in [0.2, 0.25) is 0 Å². The minimum Gasteiger partial charge on any atom is -0.508 e. The zero-order chi connectivity index (χ0) is 14.5. The Morgan fingerprint density at radius 1 is 1.00 bits per heavy atom. The van der Waals surface area contributed by atoms with Crippen LogP contribution in [0.5, 0.6) is 5.75 Å². The van der Waals surface area contributed by atoms with Gasteiger partial charge in [-0.15, -0.1) is 0 Å². The monoisotopic (exact) mass is 271 g/mol. The van der Waals surface area contributed by atoms with E-state index in [0.717, 1.165) is 16.7 Å². The van der Waals surface area contributed by atoms with Gasteiger partial charge >= 0.3 is 5.97 Å². The molecule has 0 radical (unpaired) electrons. The average Bonchev–Trinajstić information content (AvgIpc) is 2.42. The molecular formula is C16H17NO3. The fourth-order valence-corrected chi connectivity index (χ4v) is 2.15. The van der Waals surface area contributed by atoms with Crippen LogP contribution in [0.15, 0.2) is 42.5 Å². The molecule has 2 aromatic carbocycles. The highest BCUT2D eigenvalue weighted by atomic mass is 16.4. The van der Waals surface area contributed by atoms with Gasteiger partial charge in [0.1, 0.15) is 5.75 Å². The smallest absolute Gasteiger partial charge is 0.303 e. The number of aromatic hydroxyl groups is 1. The van der Waals surface area contributed by atoms with Crippen molar-refractivity contribution in [3.05, 3.63) is 59.2 Å². The summed E-state index contributed by atoms with van der Waals surface area (Å²) >= 11 is 0. The summed E-state index contributed by atoms with van der Waals surface area (Å²) in [5.74, 6) is -0.599. The van der Waals surface area contributed by atoms with Crippen LogP contribution < -0.4 is 5.73 Å². The lowest BCUT2D eigenvalue weighted by atomic mass is 9.98. The number of hydrogen-bond donors (Lipinski definition) is 3. The van der Waals surface area contributed by atoms with Crippen molar-refractivity contribution < 1.29 is 15.0 Å². The van der Waals surface area contributed by atoms with Gasteiger partial charge in [-0.05, 0) is 29.2 Å². The second kappa shape index (κ2) is 6.10. The summed E-state index contributed by atoms with van der Waals surface area (Å²) in [6, 6.07) is 12.7. The number of rotatable bonds is 5. The fraction of sp³-hybridized carbons (Fsp3) is 0.188. The summed E-state index contributed by atoms with van der Waals surface area (Å²) in [6.45, 7) is 0. The molecule has 0 aromatic heterocycles. The Morgan fingerprint density at radius 2 is 1.65 bits per heavy atom. The molecule has 104 valence electrons. The number of carbonyl (C=O) groups is 1. The zero-order valence-electron chi connectivity index (χ0n) is 11.0. The summed E-state index contributed by atoms with van der Waals surface area (Å²) in [7, 11) is 0. The Labute approximate surface area is 117 Å². The SMILES string of the molecule is Nc1c(CCC(=O)O)cccc1Cc1ccccc1O. The number of carboxylic acid groups (broad SMARTS) is 1. The number of phenolic OH excluding ortho intramolecular Hbond substituents is 1. The van der Waals surface area contributed by atoms with E-state index in [0.29, 0.717) is 18.5 Å². The number of nitrogen functional groups attached to an aromatic ring is 1. The lowest BCUT2D eigenvalue weighted by Crippen LogP contribution is -2.04. The number of nitrogens with two attached hydrogens (primary N) is 1. The molecule has 4 N–H and O–H groups in total. The highest BCUT2D eigenvalue weighted by Gasteiger charge is 2.09. The van der Waals surface area contributed by atoms with Crippen LogP contribution in [0.25, 0.3) is 0 Å². The van der Waals surface area contributed by atoms with E-state index in [2.05, 4.69) is 0 Å². The molecule has 4 nitrogen and oxygen atoms in total. The number of anilines is 1. The number of phenols is 1. The highest BCUT2D eigenvalue weighted by Crippen LogP contribution is 2.25. The summed E-state index contributed by atoms with van der Waals surface area (Å²) < 4.78 is 0. The fourth-order valence-electron chi connectivity index (χ4n) is 2.15. The van der Waals surface area contributed by atoms with Gasteiger partial charge in [0, 0.05) is 18.5 Å². The van der Waals surface area contributed by atoms with Gasteiger partial charge in [0.25, 0.3) is 0 Å². The molecule has 0 unspecified atom stereocenters. The standard InChI is InChI=1S/C16H17NO3/c17-16-11(8-9-15(19)20)5-3-6-13(16)10-12-4-1-2-7-14(12)18/h1-7,18H,8-10,17H2,(H,19,20). The second-order valence-electron chi connectivity index (χ2n) is 4.69. The van der Waals surface area contributed by atoms with E-state index >= 15 is 0 Å². The van der Waals surface area contributed by atoms with Crippen molar-refractivity contribution in [3.63, 3.8) is 0 Å². The van der Waals surface area contributed by atoms with E-state index < -0.39 is 5.97 Å². The van der Waals surface area contributed by atoms with Crippen molar-refractivity contribution in [2.24, 2.45) is 0 Å². The Hall–Kier alpha value is -2.49. The van der Waals surface area contributed by atoms with E-state index in [4.69, 9.17) is 10.8 Å². The molecule has 2 aromatic rings. The van der Waals surface area contributed by atoms with Gasteiger partial charge in [0.05, 0.1) is 0 Å². The molecule has 0 amide bonds. The first-order chi connectivity index (χ1) is 9.58. The van der Waals surface area contributed by atoms with Gasteiger partial charge in [-0.25, -0.2) is 0 Å². The van der Waals surface area contributed by atoms with Crippen LogP contribution in [0.4, 0.5) is 5.69 Å². The third-order valence-corrected chi connectivity index (χ3v) is 3.27. The van der Waals surface area contributed by atoms with E-state index in [-0.39, 0.29) is 12.2 Å². The van der Waals surface area contributed by atoms with Crippen LogP contribution in [0, 0.1) is 0 Å². The molecule has 0 atom stereocenters. The Kier molecular flexibility index (Phi) is 4.25. The van der Waals surface area contributed by atoms with Gasteiger partial charge in [-0.1, -0.05) is 36.4 Å². The van der Waals surface area contributed by atoms with Crippen LogP contribution in [0.2, 0.25) is 0 Å². The molecule has 2 rings (SSSR count). The van der Waals surface area contributed by atoms with E-state index in [1.54, 1.807) is 12.1 Å². The van der Waals surface area contributed by atoms with Crippen LogP contribution >= 0.6 is 0 Å². The number of aliphatic carboxylic acids is 1. The van der Waals surface area contributed by atoms with Gasteiger partial charge in [-0.2, -0.15) is 0 Å². The summed E-state index contributed by atoms with van der Waals surface area (Å²) in [5.41, 5.74) is 9.23. The molecule has 0 spiro atoms. The van der Waals surface area contributed by atoms with Crippen LogP contribution in [-0.4, -0.2) is 16.2 Å². The molecule has 0 fully saturated rings. The second-order valence-corrected chi connectivity index (χ2v) is 4.69. The van der Waals surface area contributed by atoms with Gasteiger partial charge in [-0.3, -0.25) is 4.79 Å². The molecule has 0 saturated heterocycles. The predicted octanol–water partition coefficient (Wildman–Crippen LogP) is 2.58. The number of benzene rings is 2. The first kappa shape index (κ1) is 13.9. The summed E-state index contributed by atoms with van der Waals surface area (Å²) in [4.78, 5) is 10.6. The highest BCUT2D eigenvalue weighted by molar-refractivity contribution is 5.68. The topological polar surface area (TPSA) is 83.6 Å². The maximum Gasteiger partial charge on any atom is 0.303 e. The van der Waals surface area contributed by atoms with E-state index in [1.807, 2.05) is 30.3 Å². The van der Waals surface area contributed by atoms with Crippen molar-refractivity contribution in [3.8, 4) is 5.75 Å². The third-order valence-electron chi connectivity index (χ3n) is 3.27. The lowest BCUT2D eigenvalue weighted by Gasteiger charge is -2.11. The average molecular weight is 271 g/mol. The number of para-hydroxylation sites is 2. The molecule has 20 heavy (non-hydrogen) atoms. The van der Waals surface area contributed by atoms with Crippen molar-refractivity contribution in [1.29, 1.82) is 0 Å². The lowest BCUT2D eigenvalue weighted by molar-refractivity contribution is -0.136. The van der Waals surface area contributed by atoms with E-state index in [1.165, 1.54) is 0 Å². The number of aryl methyl sites for hydroxylation is 1. The van der Waals surface area contributed by atoms with Gasteiger partial charge < -0.3 is 15.9 Å². The maximum absolute atomic E-state index is 10.6. The van der Waals surface area contributed by atoms with Crippen molar-refractivity contribution >= 4 is 11.7 Å². The zero-order valence-corrected chi connectivity index (χ0v) is 11.0. The van der Waals surface area contributed by atoms with Crippen molar-refractivity contribution in [1.82, 2.24) is 0 Å². The molecular weight excluding hydrogens is 254 g/mol. The molecule has 0 aliphatic rings. The quantitative estimate of drug-likeness (QED) is 0.730. The van der Waals surface area contributed by atoms with Crippen molar-refractivity contribution in [2.75, 3.05) is 5.73 Å². The first-order valence-electron chi connectivity index (χ1n) is 6.43. The molecule has 0 heterocycles. The number of hydrogen-bond acceptors (Lipinski definition) is 3. The Morgan fingerprint density at radius 3 is 2.35 bits per heavy atom. The van der Waals surface area contributed by atoms with E-state index in [9.17, 15) is 9.90 Å². The predicted molar refractivity (Wildman–Crippen MR) is 77.7 cm³/mol. The minimum absolute atomic E-state index is 0.0598. The van der Waals surface area contributed by atoms with Crippen molar-refractivity contribution in [2.45, 2.75) is 19.3 Å². The maximum atomic E-state index is 10.6. The molecule has 0 saturated carbocycles. The van der Waals surface area contributed by atoms with Crippen LogP contribution in [-0.2, 0) is 17.6 Å². The van der Waals surface area contributed by atoms with Crippen LogP contribution in [0.1, 0.15) is 23.1 Å². The molecule has 0 aliphatic heterocycles. The third kappa shape index (κ3) is 3.29. The Balaban J connectivity index is 2.22.